The molecule has 0 aromatic heterocycles. The third-order valence-electron chi connectivity index (χ3n) is 6.06. The van der Waals surface area contributed by atoms with Crippen LogP contribution in [-0.2, 0) is 16.0 Å². The lowest BCUT2D eigenvalue weighted by atomic mass is 9.94. The number of carbonyl (C=O) groups is 2. The quantitative estimate of drug-likeness (QED) is 0.250. The summed E-state index contributed by atoms with van der Waals surface area (Å²) in [5.41, 5.74) is 1.08. The zero-order valence-electron chi connectivity index (χ0n) is 20.7. The van der Waals surface area contributed by atoms with Crippen LogP contribution in [0.2, 0.25) is 0 Å². The number of likely N-dealkylation sites (tertiary alicyclic amines) is 1. The summed E-state index contributed by atoms with van der Waals surface area (Å²) in [6.07, 6.45) is 0.228. The topological polar surface area (TPSA) is 76.1 Å². The second-order valence-electron chi connectivity index (χ2n) is 8.95. The van der Waals surface area contributed by atoms with E-state index in [0.29, 0.717) is 17.7 Å². The van der Waals surface area contributed by atoms with Gasteiger partial charge in [-0.3, -0.25) is 9.59 Å². The molecule has 1 heterocycles. The Morgan fingerprint density at radius 1 is 1.00 bits per heavy atom. The number of aliphatic hydroxyl groups excluding tert-OH is 1. The van der Waals surface area contributed by atoms with Gasteiger partial charge < -0.3 is 19.5 Å². The molecule has 1 saturated heterocycles. The van der Waals surface area contributed by atoms with E-state index in [1.807, 2.05) is 13.8 Å². The van der Waals surface area contributed by atoms with Crippen molar-refractivity contribution in [1.29, 1.82) is 0 Å². The summed E-state index contributed by atoms with van der Waals surface area (Å²) in [5, 5.41) is 11.3. The molecule has 1 aliphatic rings. The molecule has 6 nitrogen and oxygen atoms in total. The van der Waals surface area contributed by atoms with Crippen molar-refractivity contribution in [3.8, 4) is 11.5 Å². The smallest absolute Gasteiger partial charge is 0.295 e. The number of rotatable bonds is 8. The molecular weight excluding hydrogens is 480 g/mol. The Hall–Kier alpha value is -4.20. The number of aliphatic hydroxyl groups is 1. The summed E-state index contributed by atoms with van der Waals surface area (Å²) in [6.45, 7) is 3.86. The summed E-state index contributed by atoms with van der Waals surface area (Å²) in [7, 11) is 1.36. The van der Waals surface area contributed by atoms with E-state index in [2.05, 4.69) is 0 Å². The van der Waals surface area contributed by atoms with Crippen LogP contribution in [0.25, 0.3) is 5.76 Å². The number of ketones is 1. The highest BCUT2D eigenvalue weighted by molar-refractivity contribution is 6.46. The van der Waals surface area contributed by atoms with E-state index in [1.165, 1.54) is 36.3 Å². The maximum Gasteiger partial charge on any atom is 0.295 e. The number of halogens is 2. The van der Waals surface area contributed by atoms with Gasteiger partial charge in [-0.2, -0.15) is 0 Å². The molecule has 1 atom stereocenters. The van der Waals surface area contributed by atoms with Crippen LogP contribution in [0.3, 0.4) is 0 Å². The van der Waals surface area contributed by atoms with Crippen molar-refractivity contribution in [3.05, 3.63) is 101 Å². The standard InChI is InChI=1S/C29H27F2NO5/c1-17(2)37-22-6-4-5-19(15-22)26-25(27(33)23-16-21(31)11-12-24(23)36-3)28(34)29(35)32(26)14-13-18-7-9-20(30)10-8-18/h4-12,15-17,26,33H,13-14H2,1-3H3/b27-25+. The lowest BCUT2D eigenvalue weighted by molar-refractivity contribution is -0.139. The van der Waals surface area contributed by atoms with Crippen molar-refractivity contribution < 1.29 is 33.0 Å². The highest BCUT2D eigenvalue weighted by atomic mass is 19.1. The fourth-order valence-electron chi connectivity index (χ4n) is 4.40. The summed E-state index contributed by atoms with van der Waals surface area (Å²) >= 11 is 0. The first kappa shape index (κ1) is 25.9. The van der Waals surface area contributed by atoms with Gasteiger partial charge in [0.15, 0.2) is 0 Å². The molecule has 3 aromatic carbocycles. The van der Waals surface area contributed by atoms with Crippen LogP contribution < -0.4 is 9.47 Å². The second-order valence-corrected chi connectivity index (χ2v) is 8.95. The predicted molar refractivity (Wildman–Crippen MR) is 134 cm³/mol. The van der Waals surface area contributed by atoms with E-state index in [1.54, 1.807) is 36.4 Å². The largest absolute Gasteiger partial charge is 0.507 e. The molecule has 8 heteroatoms. The number of ether oxygens (including phenoxy) is 2. The number of Topliss-reactive ketones (excluding diaryl/α,β-unsaturated/α-hetero) is 1. The molecule has 1 N–H and O–H groups in total. The molecule has 1 aliphatic heterocycles. The molecule has 3 aromatic rings. The van der Waals surface area contributed by atoms with Gasteiger partial charge >= 0.3 is 0 Å². The number of benzene rings is 3. The van der Waals surface area contributed by atoms with Gasteiger partial charge in [0.25, 0.3) is 11.7 Å². The molecule has 0 radical (unpaired) electrons. The molecule has 4 rings (SSSR count). The van der Waals surface area contributed by atoms with Crippen molar-refractivity contribution in [2.45, 2.75) is 32.4 Å². The second kappa shape index (κ2) is 10.8. The first-order valence-corrected chi connectivity index (χ1v) is 11.8. The molecule has 1 unspecified atom stereocenters. The van der Waals surface area contributed by atoms with Crippen LogP contribution in [-0.4, -0.2) is 41.5 Å². The van der Waals surface area contributed by atoms with E-state index in [4.69, 9.17) is 9.47 Å². The maximum atomic E-state index is 14.1. The highest BCUT2D eigenvalue weighted by Crippen LogP contribution is 2.42. The molecule has 0 saturated carbocycles. The van der Waals surface area contributed by atoms with Gasteiger partial charge in [-0.25, -0.2) is 8.78 Å². The summed E-state index contributed by atoms with van der Waals surface area (Å²) in [5.74, 6) is -2.60. The van der Waals surface area contributed by atoms with E-state index < -0.39 is 29.3 Å². The highest BCUT2D eigenvalue weighted by Gasteiger charge is 2.46. The number of hydrogen-bond acceptors (Lipinski definition) is 5. The lowest BCUT2D eigenvalue weighted by Crippen LogP contribution is -2.31. The molecule has 192 valence electrons. The van der Waals surface area contributed by atoms with Crippen LogP contribution in [0.1, 0.15) is 36.6 Å². The number of carbonyl (C=O) groups excluding carboxylic acids is 2. The molecule has 37 heavy (non-hydrogen) atoms. The first-order chi connectivity index (χ1) is 17.7. The van der Waals surface area contributed by atoms with Crippen LogP contribution in [0.4, 0.5) is 8.78 Å². The molecule has 0 aliphatic carbocycles. The van der Waals surface area contributed by atoms with Crippen LogP contribution >= 0.6 is 0 Å². The number of nitrogens with zero attached hydrogens (tertiary/aromatic N) is 1. The van der Waals surface area contributed by atoms with Gasteiger partial charge in [-0.05, 0) is 73.9 Å². The van der Waals surface area contributed by atoms with Crippen molar-refractivity contribution in [2.24, 2.45) is 0 Å². The van der Waals surface area contributed by atoms with Gasteiger partial charge in [0, 0.05) is 6.54 Å². The Morgan fingerprint density at radius 3 is 2.38 bits per heavy atom. The van der Waals surface area contributed by atoms with Crippen LogP contribution in [0.5, 0.6) is 11.5 Å². The third kappa shape index (κ3) is 5.48. The zero-order valence-corrected chi connectivity index (χ0v) is 20.7. The first-order valence-electron chi connectivity index (χ1n) is 11.8. The summed E-state index contributed by atoms with van der Waals surface area (Å²) < 4.78 is 38.5. The molecular formula is C29H27F2NO5. The minimum atomic E-state index is -0.968. The molecule has 1 amide bonds. The minimum absolute atomic E-state index is 0.0429. The lowest BCUT2D eigenvalue weighted by Gasteiger charge is -2.26. The fraction of sp³-hybridized carbons (Fsp3) is 0.241. The number of methoxy groups -OCH3 is 1. The molecule has 0 spiro atoms. The fourth-order valence-corrected chi connectivity index (χ4v) is 4.40. The van der Waals surface area contributed by atoms with Gasteiger partial charge in [0.05, 0.1) is 30.4 Å². The van der Waals surface area contributed by atoms with Gasteiger partial charge in [0.1, 0.15) is 28.9 Å². The van der Waals surface area contributed by atoms with E-state index >= 15 is 0 Å². The number of hydrogen-bond donors (Lipinski definition) is 1. The van der Waals surface area contributed by atoms with Crippen molar-refractivity contribution >= 4 is 17.4 Å². The van der Waals surface area contributed by atoms with Crippen molar-refractivity contribution in [3.63, 3.8) is 0 Å². The average Bonchev–Trinajstić information content (AvgIpc) is 3.12. The monoisotopic (exact) mass is 507 g/mol. The normalized spacial score (nSPS) is 16.9. The minimum Gasteiger partial charge on any atom is -0.507 e. The van der Waals surface area contributed by atoms with Crippen LogP contribution in [0.15, 0.2) is 72.3 Å². The zero-order chi connectivity index (χ0) is 26.7. The van der Waals surface area contributed by atoms with Gasteiger partial charge in [0.2, 0.25) is 0 Å². The summed E-state index contributed by atoms with van der Waals surface area (Å²) in [4.78, 5) is 27.9. The van der Waals surface area contributed by atoms with Crippen molar-refractivity contribution in [2.75, 3.05) is 13.7 Å². The van der Waals surface area contributed by atoms with Gasteiger partial charge in [-0.15, -0.1) is 0 Å². The molecule has 1 fully saturated rings. The van der Waals surface area contributed by atoms with E-state index in [-0.39, 0.29) is 35.4 Å². The third-order valence-corrected chi connectivity index (χ3v) is 6.06. The van der Waals surface area contributed by atoms with Gasteiger partial charge in [-0.1, -0.05) is 24.3 Å². The molecule has 0 bridgehead atoms. The Morgan fingerprint density at radius 2 is 1.70 bits per heavy atom. The Balaban J connectivity index is 1.83. The predicted octanol–water partition coefficient (Wildman–Crippen LogP) is 5.43. The SMILES string of the molecule is COc1ccc(F)cc1/C(O)=C1\C(=O)C(=O)N(CCc2ccc(F)cc2)C1c1cccc(OC(C)C)c1. The van der Waals surface area contributed by atoms with E-state index in [0.717, 1.165) is 11.6 Å². The average molecular weight is 508 g/mol. The Labute approximate surface area is 213 Å². The van der Waals surface area contributed by atoms with Crippen LogP contribution in [0, 0.1) is 11.6 Å². The van der Waals surface area contributed by atoms with E-state index in [9.17, 15) is 23.5 Å². The Kier molecular flexibility index (Phi) is 7.57. The summed E-state index contributed by atoms with van der Waals surface area (Å²) in [6, 6.07) is 15.4. The number of amides is 1. The Bertz CT molecular complexity index is 1350. The maximum absolute atomic E-state index is 14.1. The van der Waals surface area contributed by atoms with Crippen molar-refractivity contribution in [1.82, 2.24) is 4.90 Å².